The average Bonchev–Trinajstić information content (AvgIpc) is 2.48. The molecule has 1 aromatic heterocycles. The second-order valence-corrected chi connectivity index (χ2v) is 4.96. The Bertz CT molecular complexity index is 685. The van der Waals surface area contributed by atoms with Gasteiger partial charge in [0, 0.05) is 6.20 Å². The molecule has 2 heterocycles. The van der Waals surface area contributed by atoms with Gasteiger partial charge < -0.3 is 10.0 Å². The van der Waals surface area contributed by atoms with Crippen molar-refractivity contribution in [3.63, 3.8) is 0 Å². The van der Waals surface area contributed by atoms with Gasteiger partial charge in [0.15, 0.2) is 6.04 Å². The Morgan fingerprint density at radius 2 is 2.00 bits per heavy atom. The van der Waals surface area contributed by atoms with Gasteiger partial charge in [-0.15, -0.1) is 0 Å². The summed E-state index contributed by atoms with van der Waals surface area (Å²) in [4.78, 5) is 29.5. The van der Waals surface area contributed by atoms with Crippen LogP contribution in [0.2, 0.25) is 0 Å². The minimum absolute atomic E-state index is 0.188. The molecular formula is C16H14N2O3. The molecule has 5 nitrogen and oxygen atoms in total. The van der Waals surface area contributed by atoms with Gasteiger partial charge in [0.05, 0.1) is 18.7 Å². The number of aromatic nitrogens is 1. The van der Waals surface area contributed by atoms with Crippen molar-refractivity contribution in [1.82, 2.24) is 9.88 Å². The van der Waals surface area contributed by atoms with Crippen molar-refractivity contribution in [2.24, 2.45) is 0 Å². The molecule has 1 amide bonds. The van der Waals surface area contributed by atoms with E-state index in [1.807, 2.05) is 12.1 Å². The number of benzene rings is 1. The molecule has 1 N–H and O–H groups in total. The lowest BCUT2D eigenvalue weighted by Gasteiger charge is -2.34. The molecule has 1 atom stereocenters. The van der Waals surface area contributed by atoms with Gasteiger partial charge in [0.1, 0.15) is 0 Å². The molecule has 0 bridgehead atoms. The third-order valence-corrected chi connectivity index (χ3v) is 3.62. The third kappa shape index (κ3) is 2.50. The number of aliphatic carboxylic acids is 1. The molecule has 3 rings (SSSR count). The van der Waals surface area contributed by atoms with E-state index in [1.165, 1.54) is 4.90 Å². The first-order valence-corrected chi connectivity index (χ1v) is 6.67. The van der Waals surface area contributed by atoms with Gasteiger partial charge in [0.25, 0.3) is 0 Å². The van der Waals surface area contributed by atoms with Crippen molar-refractivity contribution in [3.8, 4) is 0 Å². The highest BCUT2D eigenvalue weighted by Crippen LogP contribution is 2.31. The number of pyridine rings is 1. The van der Waals surface area contributed by atoms with Gasteiger partial charge in [-0.3, -0.25) is 9.78 Å². The van der Waals surface area contributed by atoms with Crippen LogP contribution in [0, 0.1) is 0 Å². The maximum Gasteiger partial charge on any atom is 0.331 e. The van der Waals surface area contributed by atoms with Crippen LogP contribution in [0.5, 0.6) is 0 Å². The van der Waals surface area contributed by atoms with Gasteiger partial charge in [-0.2, -0.15) is 0 Å². The Kier molecular flexibility index (Phi) is 3.39. The van der Waals surface area contributed by atoms with Crippen LogP contribution in [-0.4, -0.2) is 26.9 Å². The molecule has 1 aliphatic heterocycles. The van der Waals surface area contributed by atoms with Crippen molar-refractivity contribution >= 4 is 11.9 Å². The Balaban J connectivity index is 1.99. The van der Waals surface area contributed by atoms with Crippen LogP contribution in [0.4, 0.5) is 0 Å². The largest absolute Gasteiger partial charge is 0.479 e. The molecule has 5 heteroatoms. The molecule has 1 unspecified atom stereocenters. The van der Waals surface area contributed by atoms with Crippen LogP contribution < -0.4 is 0 Å². The summed E-state index contributed by atoms with van der Waals surface area (Å²) >= 11 is 0. The van der Waals surface area contributed by atoms with Crippen molar-refractivity contribution in [1.29, 1.82) is 0 Å². The van der Waals surface area contributed by atoms with Crippen LogP contribution in [0.15, 0.2) is 48.7 Å². The standard InChI is InChI=1S/C16H14N2O3/c19-14-9-11-5-1-2-7-13(11)15(16(20)21)18(14)10-12-6-3-4-8-17-12/h1-8,15H,9-10H2,(H,20,21). The summed E-state index contributed by atoms with van der Waals surface area (Å²) in [5.41, 5.74) is 2.14. The normalized spacial score (nSPS) is 17.4. The maximum atomic E-state index is 12.3. The summed E-state index contributed by atoms with van der Waals surface area (Å²) in [6, 6.07) is 11.6. The topological polar surface area (TPSA) is 70.5 Å². The van der Waals surface area contributed by atoms with Gasteiger partial charge in [-0.05, 0) is 23.3 Å². The Morgan fingerprint density at radius 1 is 1.24 bits per heavy atom. The molecule has 0 radical (unpaired) electrons. The molecule has 1 aliphatic rings. The lowest BCUT2D eigenvalue weighted by atomic mass is 9.92. The van der Waals surface area contributed by atoms with Crippen LogP contribution in [-0.2, 0) is 22.6 Å². The molecular weight excluding hydrogens is 268 g/mol. The number of hydrogen-bond acceptors (Lipinski definition) is 3. The lowest BCUT2D eigenvalue weighted by Crippen LogP contribution is -2.43. The molecule has 0 saturated heterocycles. The quantitative estimate of drug-likeness (QED) is 0.931. The summed E-state index contributed by atoms with van der Waals surface area (Å²) in [6.45, 7) is 0.199. The molecule has 0 fully saturated rings. The van der Waals surface area contributed by atoms with E-state index in [0.29, 0.717) is 11.3 Å². The minimum atomic E-state index is -1.02. The van der Waals surface area contributed by atoms with Crippen LogP contribution in [0.3, 0.4) is 0 Å². The van der Waals surface area contributed by atoms with E-state index >= 15 is 0 Å². The third-order valence-electron chi connectivity index (χ3n) is 3.62. The summed E-state index contributed by atoms with van der Waals surface area (Å²) in [5, 5.41) is 9.54. The van der Waals surface area contributed by atoms with Crippen molar-refractivity contribution < 1.29 is 14.7 Å². The summed E-state index contributed by atoms with van der Waals surface area (Å²) in [6.07, 6.45) is 1.86. The predicted octanol–water partition coefficient (Wildman–Crippen LogP) is 1.79. The molecule has 106 valence electrons. The van der Waals surface area contributed by atoms with E-state index in [-0.39, 0.29) is 18.9 Å². The van der Waals surface area contributed by atoms with Gasteiger partial charge in [0.2, 0.25) is 5.91 Å². The number of carbonyl (C=O) groups is 2. The van der Waals surface area contributed by atoms with Gasteiger partial charge in [-0.25, -0.2) is 4.79 Å². The Labute approximate surface area is 121 Å². The predicted molar refractivity (Wildman–Crippen MR) is 75.3 cm³/mol. The molecule has 0 saturated carbocycles. The highest BCUT2D eigenvalue weighted by Gasteiger charge is 2.37. The zero-order valence-corrected chi connectivity index (χ0v) is 11.3. The number of hydrogen-bond donors (Lipinski definition) is 1. The summed E-state index contributed by atoms with van der Waals surface area (Å²) < 4.78 is 0. The van der Waals surface area contributed by atoms with Crippen LogP contribution >= 0.6 is 0 Å². The first-order chi connectivity index (χ1) is 10.2. The fraction of sp³-hybridized carbons (Fsp3) is 0.188. The fourth-order valence-corrected chi connectivity index (χ4v) is 2.65. The second-order valence-electron chi connectivity index (χ2n) is 4.96. The summed E-state index contributed by atoms with van der Waals surface area (Å²) in [7, 11) is 0. The van der Waals surface area contributed by atoms with Crippen LogP contribution in [0.25, 0.3) is 0 Å². The van der Waals surface area contributed by atoms with E-state index in [0.717, 1.165) is 5.56 Å². The zero-order chi connectivity index (χ0) is 14.8. The number of fused-ring (bicyclic) bond motifs is 1. The molecule has 0 aliphatic carbocycles. The van der Waals surface area contributed by atoms with E-state index in [9.17, 15) is 14.7 Å². The molecule has 1 aromatic carbocycles. The number of amides is 1. The van der Waals surface area contributed by atoms with Crippen molar-refractivity contribution in [2.75, 3.05) is 0 Å². The lowest BCUT2D eigenvalue weighted by molar-refractivity contribution is -0.152. The average molecular weight is 282 g/mol. The molecule has 21 heavy (non-hydrogen) atoms. The van der Waals surface area contributed by atoms with Gasteiger partial charge in [-0.1, -0.05) is 30.3 Å². The number of rotatable bonds is 3. The van der Waals surface area contributed by atoms with Crippen molar-refractivity contribution in [3.05, 3.63) is 65.5 Å². The molecule has 0 spiro atoms. The SMILES string of the molecule is O=C(O)C1c2ccccc2CC(=O)N1Cc1ccccn1. The second kappa shape index (κ2) is 5.36. The first kappa shape index (κ1) is 13.3. The highest BCUT2D eigenvalue weighted by molar-refractivity contribution is 5.89. The van der Waals surface area contributed by atoms with E-state index < -0.39 is 12.0 Å². The van der Waals surface area contributed by atoms with E-state index in [1.54, 1.807) is 36.5 Å². The zero-order valence-electron chi connectivity index (χ0n) is 11.3. The van der Waals surface area contributed by atoms with Crippen LogP contribution in [0.1, 0.15) is 22.9 Å². The molecule has 2 aromatic rings. The summed E-state index contributed by atoms with van der Waals surface area (Å²) in [5.74, 6) is -1.21. The van der Waals surface area contributed by atoms with Gasteiger partial charge >= 0.3 is 5.97 Å². The number of carboxylic acids is 1. The minimum Gasteiger partial charge on any atom is -0.479 e. The smallest absolute Gasteiger partial charge is 0.331 e. The Morgan fingerprint density at radius 3 is 2.71 bits per heavy atom. The first-order valence-electron chi connectivity index (χ1n) is 6.67. The Hall–Kier alpha value is -2.69. The van der Waals surface area contributed by atoms with E-state index in [2.05, 4.69) is 4.98 Å². The van der Waals surface area contributed by atoms with Crippen molar-refractivity contribution in [2.45, 2.75) is 19.0 Å². The van der Waals surface area contributed by atoms with E-state index in [4.69, 9.17) is 0 Å². The number of carboxylic acid groups (broad SMARTS) is 1. The maximum absolute atomic E-state index is 12.3. The monoisotopic (exact) mass is 282 g/mol. The number of carbonyl (C=O) groups excluding carboxylic acids is 1. The number of nitrogens with zero attached hydrogens (tertiary/aromatic N) is 2. The fourth-order valence-electron chi connectivity index (χ4n) is 2.65. The highest BCUT2D eigenvalue weighted by atomic mass is 16.4.